The summed E-state index contributed by atoms with van der Waals surface area (Å²) in [5.41, 5.74) is 19.1. The molecular formula is C61H43N3. The Morgan fingerprint density at radius 1 is 0.266 bits per heavy atom. The highest BCUT2D eigenvalue weighted by atomic mass is 15.1. The molecule has 0 unspecified atom stereocenters. The second-order valence-corrected chi connectivity index (χ2v) is 16.1. The van der Waals surface area contributed by atoms with Crippen molar-refractivity contribution in [3.63, 3.8) is 0 Å². The number of nitrogens with zero attached hydrogens (tertiary/aromatic N) is 3. The molecule has 0 fully saturated rings. The number of hydrogen-bond donors (Lipinski definition) is 0. The summed E-state index contributed by atoms with van der Waals surface area (Å²) >= 11 is 0. The molecule has 10 aromatic carbocycles. The van der Waals surface area contributed by atoms with Crippen LogP contribution in [0.2, 0.25) is 0 Å². The van der Waals surface area contributed by atoms with Crippen LogP contribution in [0.3, 0.4) is 0 Å². The molecule has 0 bridgehead atoms. The Hall–Kier alpha value is -8.53. The lowest BCUT2D eigenvalue weighted by molar-refractivity contribution is 1.10. The Bertz CT molecular complexity index is 3270. The topological polar surface area (TPSA) is 21.1 Å². The third-order valence-corrected chi connectivity index (χ3v) is 12.0. The average Bonchev–Trinajstić information content (AvgIpc) is 3.77. The fourth-order valence-corrected chi connectivity index (χ4v) is 8.77. The van der Waals surface area contributed by atoms with Gasteiger partial charge in [-0.25, -0.2) is 4.98 Å². The predicted octanol–water partition coefficient (Wildman–Crippen LogP) is 16.5. The van der Waals surface area contributed by atoms with Crippen molar-refractivity contribution < 1.29 is 0 Å². The Morgan fingerprint density at radius 3 is 1.17 bits per heavy atom. The van der Waals surface area contributed by atoms with Crippen LogP contribution < -0.4 is 4.90 Å². The number of imidazole rings is 1. The fourth-order valence-electron chi connectivity index (χ4n) is 8.77. The quantitative estimate of drug-likeness (QED) is 0.137. The highest BCUT2D eigenvalue weighted by Crippen LogP contribution is 2.41. The molecule has 0 aliphatic heterocycles. The van der Waals surface area contributed by atoms with Gasteiger partial charge in [0.1, 0.15) is 5.82 Å². The second-order valence-electron chi connectivity index (χ2n) is 16.1. The van der Waals surface area contributed by atoms with Gasteiger partial charge in [0, 0.05) is 28.3 Å². The average molecular weight is 818 g/mol. The summed E-state index contributed by atoms with van der Waals surface area (Å²) in [5.74, 6) is 0.928. The molecule has 0 saturated carbocycles. The maximum Gasteiger partial charge on any atom is 0.145 e. The molecule has 0 saturated heterocycles. The summed E-state index contributed by atoms with van der Waals surface area (Å²) in [4.78, 5) is 7.52. The van der Waals surface area contributed by atoms with Crippen molar-refractivity contribution in [3.8, 4) is 72.7 Å². The van der Waals surface area contributed by atoms with Gasteiger partial charge in [-0.15, -0.1) is 0 Å². The van der Waals surface area contributed by atoms with E-state index in [1.54, 1.807) is 0 Å². The lowest BCUT2D eigenvalue weighted by Crippen LogP contribution is -2.10. The number of rotatable bonds is 10. The fraction of sp³-hybridized carbons (Fsp3) is 0. The van der Waals surface area contributed by atoms with Crippen molar-refractivity contribution in [2.24, 2.45) is 0 Å². The lowest BCUT2D eigenvalue weighted by atomic mass is 9.96. The van der Waals surface area contributed by atoms with Crippen molar-refractivity contribution in [3.05, 3.63) is 261 Å². The molecule has 3 heteroatoms. The number of para-hydroxylation sites is 1. The Labute approximate surface area is 374 Å². The monoisotopic (exact) mass is 817 g/mol. The van der Waals surface area contributed by atoms with Crippen LogP contribution in [0, 0.1) is 0 Å². The largest absolute Gasteiger partial charge is 0.310 e. The summed E-state index contributed by atoms with van der Waals surface area (Å²) in [6.45, 7) is 0. The number of hydrogen-bond acceptors (Lipinski definition) is 2. The van der Waals surface area contributed by atoms with E-state index in [2.05, 4.69) is 264 Å². The first-order chi connectivity index (χ1) is 31.7. The molecule has 0 spiro atoms. The highest BCUT2D eigenvalue weighted by molar-refractivity contribution is 5.89. The summed E-state index contributed by atoms with van der Waals surface area (Å²) in [5, 5.41) is 0. The first kappa shape index (κ1) is 38.4. The van der Waals surface area contributed by atoms with Crippen molar-refractivity contribution >= 4 is 28.1 Å². The van der Waals surface area contributed by atoms with Gasteiger partial charge < -0.3 is 4.90 Å². The van der Waals surface area contributed by atoms with Crippen LogP contribution in [-0.2, 0) is 0 Å². The van der Waals surface area contributed by atoms with Crippen molar-refractivity contribution in [2.75, 3.05) is 4.90 Å². The zero-order valence-corrected chi connectivity index (χ0v) is 35.2. The second kappa shape index (κ2) is 17.1. The van der Waals surface area contributed by atoms with Crippen LogP contribution in [0.1, 0.15) is 0 Å². The number of aromatic nitrogens is 2. The molecule has 0 N–H and O–H groups in total. The van der Waals surface area contributed by atoms with Crippen molar-refractivity contribution in [1.82, 2.24) is 9.55 Å². The highest BCUT2D eigenvalue weighted by Gasteiger charge is 2.18. The van der Waals surface area contributed by atoms with Crippen LogP contribution in [-0.4, -0.2) is 9.55 Å². The van der Waals surface area contributed by atoms with Gasteiger partial charge in [0.2, 0.25) is 0 Å². The third kappa shape index (κ3) is 7.68. The molecule has 11 rings (SSSR count). The zero-order chi connectivity index (χ0) is 42.7. The molecule has 0 aliphatic rings. The van der Waals surface area contributed by atoms with Crippen molar-refractivity contribution in [2.45, 2.75) is 0 Å². The van der Waals surface area contributed by atoms with Gasteiger partial charge in [-0.1, -0.05) is 188 Å². The van der Waals surface area contributed by atoms with E-state index in [0.717, 1.165) is 78.6 Å². The lowest BCUT2D eigenvalue weighted by Gasteiger charge is -2.27. The van der Waals surface area contributed by atoms with Gasteiger partial charge >= 0.3 is 0 Å². The summed E-state index contributed by atoms with van der Waals surface area (Å²) in [6, 6.07) is 93.2. The minimum atomic E-state index is 0.928. The molecule has 1 aromatic heterocycles. The van der Waals surface area contributed by atoms with E-state index in [4.69, 9.17) is 4.98 Å². The predicted molar refractivity (Wildman–Crippen MR) is 268 cm³/mol. The Morgan fingerprint density at radius 2 is 0.641 bits per heavy atom. The SMILES string of the molecule is c1ccc(-c2ccc(N(c3ccc(-c4cccc(-c5ccc6nc(-c7ccccc7)n(-c7ccccc7)c6c5)c4)cc3)c3cc(-c4ccccc4)cc(-c4ccccc4)c3)cc2)cc1. The minimum absolute atomic E-state index is 0.928. The Balaban J connectivity index is 0.987. The standard InChI is InChI=1S/C61H43N3/c1-6-17-44(18-7-1)47-29-34-56(35-30-47)63(58-41-53(45-19-8-2-9-20-45)40-54(42-58)46-21-10-3-11-22-46)57-36-31-48(32-37-57)50-25-16-26-51(39-50)52-33-38-59-60(43-52)64(55-27-14-5-15-28-55)61(62-59)49-23-12-4-13-24-49/h1-43H. The molecule has 0 radical (unpaired) electrons. The first-order valence-corrected chi connectivity index (χ1v) is 21.8. The normalized spacial score (nSPS) is 11.1. The van der Waals surface area contributed by atoms with Crippen LogP contribution in [0.15, 0.2) is 261 Å². The van der Waals surface area contributed by atoms with Crippen molar-refractivity contribution in [1.29, 1.82) is 0 Å². The van der Waals surface area contributed by atoms with Gasteiger partial charge in [-0.2, -0.15) is 0 Å². The van der Waals surface area contributed by atoms with E-state index in [0.29, 0.717) is 0 Å². The summed E-state index contributed by atoms with van der Waals surface area (Å²) in [7, 11) is 0. The molecule has 0 amide bonds. The van der Waals surface area contributed by atoms with Crippen LogP contribution in [0.25, 0.3) is 83.7 Å². The van der Waals surface area contributed by atoms with Gasteiger partial charge in [-0.3, -0.25) is 4.57 Å². The number of benzene rings is 10. The maximum atomic E-state index is 5.14. The van der Waals surface area contributed by atoms with E-state index in [9.17, 15) is 0 Å². The van der Waals surface area contributed by atoms with Gasteiger partial charge in [0.15, 0.2) is 0 Å². The van der Waals surface area contributed by atoms with Crippen LogP contribution in [0.5, 0.6) is 0 Å². The molecular weight excluding hydrogens is 775 g/mol. The maximum absolute atomic E-state index is 5.14. The number of fused-ring (bicyclic) bond motifs is 1. The molecule has 302 valence electrons. The molecule has 3 nitrogen and oxygen atoms in total. The molecule has 11 aromatic rings. The van der Waals surface area contributed by atoms with Gasteiger partial charge in [0.25, 0.3) is 0 Å². The van der Waals surface area contributed by atoms with E-state index in [1.807, 2.05) is 6.07 Å². The molecule has 0 atom stereocenters. The van der Waals surface area contributed by atoms with E-state index < -0.39 is 0 Å². The molecule has 1 heterocycles. The minimum Gasteiger partial charge on any atom is -0.310 e. The third-order valence-electron chi connectivity index (χ3n) is 12.0. The van der Waals surface area contributed by atoms with Crippen LogP contribution >= 0.6 is 0 Å². The van der Waals surface area contributed by atoms with E-state index >= 15 is 0 Å². The first-order valence-electron chi connectivity index (χ1n) is 21.8. The zero-order valence-electron chi connectivity index (χ0n) is 35.2. The van der Waals surface area contributed by atoms with E-state index in [1.165, 1.54) is 22.3 Å². The smallest absolute Gasteiger partial charge is 0.145 e. The van der Waals surface area contributed by atoms with Crippen LogP contribution in [0.4, 0.5) is 17.1 Å². The van der Waals surface area contributed by atoms with E-state index in [-0.39, 0.29) is 0 Å². The summed E-state index contributed by atoms with van der Waals surface area (Å²) < 4.78 is 2.27. The molecule has 64 heavy (non-hydrogen) atoms. The van der Waals surface area contributed by atoms with Gasteiger partial charge in [0.05, 0.1) is 11.0 Å². The Kier molecular flexibility index (Phi) is 10.3. The van der Waals surface area contributed by atoms with Gasteiger partial charge in [-0.05, 0) is 128 Å². The summed E-state index contributed by atoms with van der Waals surface area (Å²) in [6.07, 6.45) is 0. The number of anilines is 3. The molecule has 0 aliphatic carbocycles.